The first-order valence-electron chi connectivity index (χ1n) is 9.61. The Kier molecular flexibility index (Phi) is 7.01. The average Bonchev–Trinajstić information content (AvgIpc) is 3.34. The van der Waals surface area contributed by atoms with Gasteiger partial charge in [0.05, 0.1) is 6.61 Å². The summed E-state index contributed by atoms with van der Waals surface area (Å²) in [6.45, 7) is 2.48. The number of benzene rings is 2. The summed E-state index contributed by atoms with van der Waals surface area (Å²) in [6, 6.07) is 14.5. The Morgan fingerprint density at radius 1 is 1.16 bits per heavy atom. The van der Waals surface area contributed by atoms with Crippen molar-refractivity contribution in [1.82, 2.24) is 19.8 Å². The molecule has 6 nitrogen and oxygen atoms in total. The molecule has 4 rings (SSSR count). The number of ether oxygens (including phenoxy) is 1. The maximum atomic E-state index is 12.3. The monoisotopic (exact) mass is 470 g/mol. The standard InChI is InChI=1S/C22H19ClN4O2S2/c1-15-24-25-21-27(15)26-22(31-21)30-14-2-13-29-19-10-6-17(7-11-19)20(28)12-5-16-3-8-18(23)9-4-16/h3-12H,2,13-14H2,1H3/b12-5+. The number of carbonyl (C=O) groups is 1. The lowest BCUT2D eigenvalue weighted by Gasteiger charge is -2.06. The summed E-state index contributed by atoms with van der Waals surface area (Å²) >= 11 is 9.09. The summed E-state index contributed by atoms with van der Waals surface area (Å²) in [6.07, 6.45) is 4.22. The van der Waals surface area contributed by atoms with Crippen molar-refractivity contribution in [3.63, 3.8) is 0 Å². The largest absolute Gasteiger partial charge is 0.494 e. The van der Waals surface area contributed by atoms with Crippen molar-refractivity contribution in [3.8, 4) is 5.75 Å². The third-order valence-corrected chi connectivity index (χ3v) is 6.72. The normalized spacial score (nSPS) is 11.4. The van der Waals surface area contributed by atoms with Gasteiger partial charge in [-0.2, -0.15) is 4.52 Å². The lowest BCUT2D eigenvalue weighted by molar-refractivity contribution is 0.104. The Morgan fingerprint density at radius 3 is 2.68 bits per heavy atom. The summed E-state index contributed by atoms with van der Waals surface area (Å²) < 4.78 is 8.52. The van der Waals surface area contributed by atoms with Crippen LogP contribution in [0, 0.1) is 6.92 Å². The van der Waals surface area contributed by atoms with E-state index in [9.17, 15) is 4.79 Å². The molecule has 0 aliphatic rings. The lowest BCUT2D eigenvalue weighted by Crippen LogP contribution is -2.00. The zero-order valence-corrected chi connectivity index (χ0v) is 19.1. The van der Waals surface area contributed by atoms with Gasteiger partial charge in [0.1, 0.15) is 5.75 Å². The summed E-state index contributed by atoms with van der Waals surface area (Å²) in [4.78, 5) is 13.1. The summed E-state index contributed by atoms with van der Waals surface area (Å²) in [5, 5.41) is 13.2. The smallest absolute Gasteiger partial charge is 0.235 e. The number of hydrogen-bond donors (Lipinski definition) is 0. The number of carbonyl (C=O) groups excluding carboxylic acids is 1. The Labute approximate surface area is 192 Å². The van der Waals surface area contributed by atoms with E-state index in [2.05, 4.69) is 15.3 Å². The van der Waals surface area contributed by atoms with Crippen molar-refractivity contribution in [3.05, 3.63) is 76.6 Å². The number of thioether (sulfide) groups is 1. The van der Waals surface area contributed by atoms with Crippen molar-refractivity contribution in [2.24, 2.45) is 0 Å². The minimum atomic E-state index is -0.0573. The van der Waals surface area contributed by atoms with Crippen LogP contribution in [0.4, 0.5) is 0 Å². The highest BCUT2D eigenvalue weighted by atomic mass is 35.5. The number of halogens is 1. The molecule has 0 bridgehead atoms. The van der Waals surface area contributed by atoms with Crippen LogP contribution in [-0.2, 0) is 0 Å². The molecule has 2 heterocycles. The molecule has 2 aromatic carbocycles. The maximum absolute atomic E-state index is 12.3. The van der Waals surface area contributed by atoms with Crippen molar-refractivity contribution in [2.75, 3.05) is 12.4 Å². The molecule has 9 heteroatoms. The molecule has 0 amide bonds. The van der Waals surface area contributed by atoms with Crippen molar-refractivity contribution in [2.45, 2.75) is 17.7 Å². The van der Waals surface area contributed by atoms with Gasteiger partial charge in [0.15, 0.2) is 15.9 Å². The third-order valence-electron chi connectivity index (χ3n) is 4.35. The van der Waals surface area contributed by atoms with Gasteiger partial charge in [-0.05, 0) is 61.4 Å². The predicted molar refractivity (Wildman–Crippen MR) is 125 cm³/mol. The van der Waals surface area contributed by atoms with Crippen molar-refractivity contribution < 1.29 is 9.53 Å². The van der Waals surface area contributed by atoms with E-state index in [4.69, 9.17) is 16.3 Å². The van der Waals surface area contributed by atoms with E-state index in [1.54, 1.807) is 52.7 Å². The molecular weight excluding hydrogens is 452 g/mol. The first kappa shape index (κ1) is 21.5. The second-order valence-corrected chi connectivity index (χ2v) is 9.37. The van der Waals surface area contributed by atoms with Gasteiger partial charge in [-0.1, -0.05) is 52.9 Å². The highest BCUT2D eigenvalue weighted by Gasteiger charge is 2.08. The Morgan fingerprint density at radius 2 is 1.94 bits per heavy atom. The molecule has 31 heavy (non-hydrogen) atoms. The van der Waals surface area contributed by atoms with Gasteiger partial charge in [-0.15, -0.1) is 15.3 Å². The molecule has 158 valence electrons. The van der Waals surface area contributed by atoms with Crippen LogP contribution in [0.3, 0.4) is 0 Å². The highest BCUT2D eigenvalue weighted by Crippen LogP contribution is 2.25. The van der Waals surface area contributed by atoms with Crippen LogP contribution in [0.5, 0.6) is 5.75 Å². The zero-order chi connectivity index (χ0) is 21.6. The number of aromatic nitrogens is 4. The molecule has 2 aromatic heterocycles. The molecule has 4 aromatic rings. The van der Waals surface area contributed by atoms with Crippen LogP contribution in [-0.4, -0.2) is 38.0 Å². The fourth-order valence-corrected chi connectivity index (χ4v) is 4.75. The van der Waals surface area contributed by atoms with Crippen LogP contribution in [0.25, 0.3) is 11.0 Å². The summed E-state index contributed by atoms with van der Waals surface area (Å²) in [5.41, 5.74) is 1.54. The van der Waals surface area contributed by atoms with Gasteiger partial charge in [0, 0.05) is 16.3 Å². The third kappa shape index (κ3) is 5.72. The second kappa shape index (κ2) is 10.1. The number of rotatable bonds is 9. The number of aryl methyl sites for hydroxylation is 1. The van der Waals surface area contributed by atoms with Gasteiger partial charge < -0.3 is 4.74 Å². The van der Waals surface area contributed by atoms with Gasteiger partial charge in [-0.3, -0.25) is 4.79 Å². The molecule has 0 saturated carbocycles. The second-order valence-electron chi connectivity index (χ2n) is 6.63. The lowest BCUT2D eigenvalue weighted by atomic mass is 10.1. The van der Waals surface area contributed by atoms with Crippen LogP contribution < -0.4 is 4.74 Å². The molecule has 0 N–H and O–H groups in total. The summed E-state index contributed by atoms with van der Waals surface area (Å²) in [7, 11) is 0. The van der Waals surface area contributed by atoms with Gasteiger partial charge >= 0.3 is 0 Å². The molecule has 0 aliphatic carbocycles. The SMILES string of the molecule is Cc1nnc2sc(SCCCOc3ccc(C(=O)/C=C/c4ccc(Cl)cc4)cc3)nn12. The molecule has 0 saturated heterocycles. The highest BCUT2D eigenvalue weighted by molar-refractivity contribution is 8.01. The van der Waals surface area contributed by atoms with E-state index < -0.39 is 0 Å². The molecule has 0 unspecified atom stereocenters. The first-order chi connectivity index (χ1) is 15.1. The average molecular weight is 471 g/mol. The number of nitrogens with zero attached hydrogens (tertiary/aromatic N) is 4. The van der Waals surface area contributed by atoms with Gasteiger partial charge in [0.2, 0.25) is 4.96 Å². The molecule has 0 radical (unpaired) electrons. The number of fused-ring (bicyclic) bond motifs is 1. The van der Waals surface area contributed by atoms with E-state index in [0.29, 0.717) is 17.2 Å². The molecule has 0 atom stereocenters. The minimum Gasteiger partial charge on any atom is -0.494 e. The van der Waals surface area contributed by atoms with Crippen LogP contribution in [0.1, 0.15) is 28.2 Å². The molecule has 0 spiro atoms. The number of allylic oxidation sites excluding steroid dienone is 1. The number of ketones is 1. The predicted octanol–water partition coefficient (Wildman–Crippen LogP) is 5.60. The van der Waals surface area contributed by atoms with E-state index in [-0.39, 0.29) is 5.78 Å². The van der Waals surface area contributed by atoms with E-state index >= 15 is 0 Å². The Balaban J connectivity index is 1.21. The van der Waals surface area contributed by atoms with E-state index in [1.807, 2.05) is 31.2 Å². The molecular formula is C22H19ClN4O2S2. The van der Waals surface area contributed by atoms with Gasteiger partial charge in [-0.25, -0.2) is 0 Å². The van der Waals surface area contributed by atoms with Crippen molar-refractivity contribution in [1.29, 1.82) is 0 Å². The quantitative estimate of drug-likeness (QED) is 0.137. The fourth-order valence-electron chi connectivity index (χ4n) is 2.72. The van der Waals surface area contributed by atoms with Crippen LogP contribution in [0.2, 0.25) is 5.02 Å². The van der Waals surface area contributed by atoms with Crippen molar-refractivity contribution >= 4 is 51.5 Å². The molecule has 0 fully saturated rings. The Bertz CT molecular complexity index is 1200. The molecule has 0 aliphatic heterocycles. The zero-order valence-electron chi connectivity index (χ0n) is 16.7. The van der Waals surface area contributed by atoms with Crippen LogP contribution in [0.15, 0.2) is 58.9 Å². The fraction of sp³-hybridized carbons (Fsp3) is 0.182. The first-order valence-corrected chi connectivity index (χ1v) is 11.8. The van der Waals surface area contributed by atoms with E-state index in [1.165, 1.54) is 11.3 Å². The summed E-state index contributed by atoms with van der Waals surface area (Å²) in [5.74, 6) is 2.38. The maximum Gasteiger partial charge on any atom is 0.235 e. The topological polar surface area (TPSA) is 69.4 Å². The number of hydrogen-bond acceptors (Lipinski definition) is 7. The van der Waals surface area contributed by atoms with Gasteiger partial charge in [0.25, 0.3) is 0 Å². The van der Waals surface area contributed by atoms with E-state index in [0.717, 1.165) is 38.6 Å². The Hall–Kier alpha value is -2.68. The minimum absolute atomic E-state index is 0.0573. The van der Waals surface area contributed by atoms with Crippen LogP contribution >= 0.6 is 34.7 Å².